The maximum atomic E-state index is 12.8. The van der Waals surface area contributed by atoms with Gasteiger partial charge in [0.05, 0.1) is 4.90 Å². The van der Waals surface area contributed by atoms with E-state index >= 15 is 0 Å². The van der Waals surface area contributed by atoms with Gasteiger partial charge in [0.15, 0.2) is 6.61 Å². The van der Waals surface area contributed by atoms with Crippen molar-refractivity contribution in [3.05, 3.63) is 58.7 Å². The summed E-state index contributed by atoms with van der Waals surface area (Å²) in [6.45, 7) is 9.11. The molecular formula is C22H28N2O4S. The van der Waals surface area contributed by atoms with E-state index in [-0.39, 0.29) is 30.5 Å². The first-order valence-corrected chi connectivity index (χ1v) is 11.2. The lowest BCUT2D eigenvalue weighted by molar-refractivity contribution is -0.134. The molecule has 1 saturated heterocycles. The number of carbonyl (C=O) groups excluding carboxylic acids is 1. The van der Waals surface area contributed by atoms with Gasteiger partial charge in [-0.1, -0.05) is 29.8 Å². The third-order valence-corrected chi connectivity index (χ3v) is 7.38. The zero-order valence-corrected chi connectivity index (χ0v) is 18.3. The van der Waals surface area contributed by atoms with Crippen molar-refractivity contribution in [2.45, 2.75) is 32.6 Å². The van der Waals surface area contributed by atoms with Crippen LogP contribution in [0.4, 0.5) is 0 Å². The molecule has 0 aliphatic carbocycles. The van der Waals surface area contributed by atoms with Crippen LogP contribution in [0.25, 0.3) is 0 Å². The number of hydrogen-bond donors (Lipinski definition) is 0. The third kappa shape index (κ3) is 4.62. The van der Waals surface area contributed by atoms with Crippen LogP contribution in [-0.4, -0.2) is 56.3 Å². The zero-order valence-electron chi connectivity index (χ0n) is 17.4. The van der Waals surface area contributed by atoms with Crippen LogP contribution in [0.5, 0.6) is 5.75 Å². The van der Waals surface area contributed by atoms with Crippen molar-refractivity contribution in [3.63, 3.8) is 0 Å². The highest BCUT2D eigenvalue weighted by Gasteiger charge is 2.30. The summed E-state index contributed by atoms with van der Waals surface area (Å²) >= 11 is 0. The average molecular weight is 417 g/mol. The van der Waals surface area contributed by atoms with Gasteiger partial charge < -0.3 is 9.64 Å². The van der Waals surface area contributed by atoms with Crippen molar-refractivity contribution in [2.24, 2.45) is 0 Å². The Morgan fingerprint density at radius 3 is 2.10 bits per heavy atom. The fourth-order valence-corrected chi connectivity index (χ4v) is 4.83. The SMILES string of the molecule is Cc1ccc(S(=O)(=O)N2CCN(C(=O)COc3c(C)ccc(C)c3C)CC2)cc1. The van der Waals surface area contributed by atoms with Gasteiger partial charge in [-0.2, -0.15) is 4.31 Å². The monoisotopic (exact) mass is 416 g/mol. The average Bonchev–Trinajstić information content (AvgIpc) is 2.71. The van der Waals surface area contributed by atoms with E-state index in [9.17, 15) is 13.2 Å². The number of amides is 1. The molecule has 1 amide bonds. The maximum absolute atomic E-state index is 12.8. The lowest BCUT2D eigenvalue weighted by Gasteiger charge is -2.34. The highest BCUT2D eigenvalue weighted by Crippen LogP contribution is 2.26. The zero-order chi connectivity index (χ0) is 21.2. The van der Waals surface area contributed by atoms with Gasteiger partial charge in [-0.3, -0.25) is 4.79 Å². The molecule has 0 unspecified atom stereocenters. The molecule has 1 fully saturated rings. The van der Waals surface area contributed by atoms with Crippen LogP contribution >= 0.6 is 0 Å². The molecule has 2 aromatic rings. The van der Waals surface area contributed by atoms with Crippen LogP contribution < -0.4 is 4.74 Å². The Labute approximate surface area is 173 Å². The third-order valence-electron chi connectivity index (χ3n) is 5.46. The van der Waals surface area contributed by atoms with E-state index in [1.54, 1.807) is 29.2 Å². The van der Waals surface area contributed by atoms with E-state index in [2.05, 4.69) is 0 Å². The first kappa shape index (κ1) is 21.3. The number of ether oxygens (including phenoxy) is 1. The Hall–Kier alpha value is -2.38. The number of hydrogen-bond acceptors (Lipinski definition) is 4. The van der Waals surface area contributed by atoms with E-state index in [1.165, 1.54) is 4.31 Å². The molecule has 1 aliphatic rings. The summed E-state index contributed by atoms with van der Waals surface area (Å²) in [5.41, 5.74) is 4.16. The van der Waals surface area contributed by atoms with Gasteiger partial charge in [0.2, 0.25) is 10.0 Å². The fraction of sp³-hybridized carbons (Fsp3) is 0.409. The lowest BCUT2D eigenvalue weighted by Crippen LogP contribution is -2.51. The Balaban J connectivity index is 1.58. The molecule has 29 heavy (non-hydrogen) atoms. The van der Waals surface area contributed by atoms with E-state index in [0.717, 1.165) is 28.0 Å². The second-order valence-corrected chi connectivity index (χ2v) is 9.48. The number of rotatable bonds is 5. The maximum Gasteiger partial charge on any atom is 0.260 e. The first-order chi connectivity index (χ1) is 13.7. The largest absolute Gasteiger partial charge is 0.483 e. The number of aryl methyl sites for hydroxylation is 3. The van der Waals surface area contributed by atoms with Crippen molar-refractivity contribution < 1.29 is 17.9 Å². The quantitative estimate of drug-likeness (QED) is 0.752. The minimum absolute atomic E-state index is 0.0458. The minimum Gasteiger partial charge on any atom is -0.483 e. The van der Waals surface area contributed by atoms with Crippen molar-refractivity contribution in [3.8, 4) is 5.75 Å². The van der Waals surface area contributed by atoms with Crippen LogP contribution in [0, 0.1) is 27.7 Å². The minimum atomic E-state index is -3.54. The molecule has 0 atom stereocenters. The van der Waals surface area contributed by atoms with Gasteiger partial charge >= 0.3 is 0 Å². The van der Waals surface area contributed by atoms with E-state index < -0.39 is 10.0 Å². The summed E-state index contributed by atoms with van der Waals surface area (Å²) in [4.78, 5) is 14.5. The van der Waals surface area contributed by atoms with Crippen LogP contribution in [0.15, 0.2) is 41.3 Å². The van der Waals surface area contributed by atoms with Gasteiger partial charge in [-0.15, -0.1) is 0 Å². The standard InChI is InChI=1S/C22H28N2O4S/c1-16-5-9-20(10-6-16)29(26,27)24-13-11-23(12-14-24)21(25)15-28-22-18(3)8-7-17(2)19(22)4/h5-10H,11-15H2,1-4H3. The van der Waals surface area contributed by atoms with Crippen LogP contribution in [0.1, 0.15) is 22.3 Å². The second-order valence-electron chi connectivity index (χ2n) is 7.54. The van der Waals surface area contributed by atoms with E-state index in [0.29, 0.717) is 13.1 Å². The topological polar surface area (TPSA) is 66.9 Å². The van der Waals surface area contributed by atoms with Crippen molar-refractivity contribution in [2.75, 3.05) is 32.8 Å². The predicted molar refractivity (Wildman–Crippen MR) is 113 cm³/mol. The van der Waals surface area contributed by atoms with Gasteiger partial charge in [0, 0.05) is 26.2 Å². The smallest absolute Gasteiger partial charge is 0.260 e. The number of piperazine rings is 1. The van der Waals surface area contributed by atoms with Crippen LogP contribution in [0.2, 0.25) is 0 Å². The van der Waals surface area contributed by atoms with Crippen molar-refractivity contribution in [1.82, 2.24) is 9.21 Å². The molecule has 0 saturated carbocycles. The van der Waals surface area contributed by atoms with Crippen LogP contribution in [0.3, 0.4) is 0 Å². The molecule has 7 heteroatoms. The number of benzene rings is 2. The molecule has 3 rings (SSSR count). The normalized spacial score (nSPS) is 15.4. The summed E-state index contributed by atoms with van der Waals surface area (Å²) in [5.74, 6) is 0.622. The molecule has 0 radical (unpaired) electrons. The Bertz CT molecular complexity index is 992. The Morgan fingerprint density at radius 2 is 1.48 bits per heavy atom. The molecule has 6 nitrogen and oxygen atoms in total. The van der Waals surface area contributed by atoms with Gasteiger partial charge in [0.25, 0.3) is 5.91 Å². The summed E-state index contributed by atoms with van der Waals surface area (Å²) in [7, 11) is -3.54. The summed E-state index contributed by atoms with van der Waals surface area (Å²) in [5, 5.41) is 0. The number of sulfonamides is 1. The molecule has 0 spiro atoms. The molecule has 0 N–H and O–H groups in total. The molecule has 156 valence electrons. The molecule has 1 heterocycles. The molecule has 2 aromatic carbocycles. The van der Waals surface area contributed by atoms with Crippen LogP contribution in [-0.2, 0) is 14.8 Å². The van der Waals surface area contributed by atoms with Gasteiger partial charge in [-0.25, -0.2) is 8.42 Å². The predicted octanol–water partition coefficient (Wildman–Crippen LogP) is 2.83. The van der Waals surface area contributed by atoms with E-state index in [1.807, 2.05) is 39.8 Å². The Morgan fingerprint density at radius 1 is 0.897 bits per heavy atom. The van der Waals surface area contributed by atoms with Gasteiger partial charge in [0.1, 0.15) is 5.75 Å². The molecule has 0 bridgehead atoms. The highest BCUT2D eigenvalue weighted by atomic mass is 32.2. The van der Waals surface area contributed by atoms with Crippen molar-refractivity contribution in [1.29, 1.82) is 0 Å². The van der Waals surface area contributed by atoms with Gasteiger partial charge in [-0.05, 0) is 56.5 Å². The lowest BCUT2D eigenvalue weighted by atomic mass is 10.1. The highest BCUT2D eigenvalue weighted by molar-refractivity contribution is 7.89. The summed E-state index contributed by atoms with van der Waals surface area (Å²) < 4.78 is 32.8. The number of carbonyl (C=O) groups is 1. The Kier molecular flexibility index (Phi) is 6.29. The summed E-state index contributed by atoms with van der Waals surface area (Å²) in [6.07, 6.45) is 0. The molecule has 0 aromatic heterocycles. The fourth-order valence-electron chi connectivity index (χ4n) is 3.41. The van der Waals surface area contributed by atoms with E-state index in [4.69, 9.17) is 4.74 Å². The number of nitrogens with zero attached hydrogens (tertiary/aromatic N) is 2. The molecule has 1 aliphatic heterocycles. The molecular weight excluding hydrogens is 388 g/mol. The summed E-state index contributed by atoms with van der Waals surface area (Å²) in [6, 6.07) is 10.9. The van der Waals surface area contributed by atoms with Crippen molar-refractivity contribution >= 4 is 15.9 Å². The first-order valence-electron chi connectivity index (χ1n) is 9.74. The second kappa shape index (κ2) is 8.55.